The summed E-state index contributed by atoms with van der Waals surface area (Å²) in [6.45, 7) is 4.41. The molecule has 1 aromatic rings. The number of nitrogens with zero attached hydrogens (tertiary/aromatic N) is 2. The van der Waals surface area contributed by atoms with E-state index in [2.05, 4.69) is 23.8 Å². The highest BCUT2D eigenvalue weighted by Crippen LogP contribution is 2.05. The maximum atomic E-state index is 4.16. The summed E-state index contributed by atoms with van der Waals surface area (Å²) < 4.78 is 0. The van der Waals surface area contributed by atoms with E-state index in [0.29, 0.717) is 5.92 Å². The molecule has 0 saturated heterocycles. The van der Waals surface area contributed by atoms with Crippen LogP contribution in [0.25, 0.3) is 0 Å². The van der Waals surface area contributed by atoms with Crippen molar-refractivity contribution in [2.45, 2.75) is 26.7 Å². The fourth-order valence-corrected chi connectivity index (χ4v) is 0.891. The molecule has 0 saturated carbocycles. The average Bonchev–Trinajstić information content (AvgIpc) is 2.06. The lowest BCUT2D eigenvalue weighted by Gasteiger charge is -2.04. The number of aromatic nitrogens is 2. The Bertz CT molecular complexity index is 196. The predicted molar refractivity (Wildman–Crippen MR) is 45.2 cm³/mol. The predicted octanol–water partition coefficient (Wildman–Crippen LogP) is 2.07. The Morgan fingerprint density at radius 3 is 2.55 bits per heavy atom. The number of hydrogen-bond donors (Lipinski definition) is 0. The quantitative estimate of drug-likeness (QED) is 0.659. The lowest BCUT2D eigenvalue weighted by Crippen LogP contribution is -2.01. The molecule has 1 heterocycles. The molecule has 1 unspecified atom stereocenters. The van der Waals surface area contributed by atoms with Gasteiger partial charge in [0.05, 0.1) is 0 Å². The molecule has 0 radical (unpaired) electrons. The second-order valence-corrected chi connectivity index (χ2v) is 2.88. The van der Waals surface area contributed by atoms with Crippen LogP contribution in [-0.4, -0.2) is 9.97 Å². The van der Waals surface area contributed by atoms with Gasteiger partial charge < -0.3 is 0 Å². The van der Waals surface area contributed by atoms with Gasteiger partial charge in [0.25, 0.3) is 0 Å². The maximum absolute atomic E-state index is 4.16. The lowest BCUT2D eigenvalue weighted by molar-refractivity contribution is 0.543. The molecule has 0 aliphatic rings. The van der Waals surface area contributed by atoms with Gasteiger partial charge in [-0.1, -0.05) is 20.3 Å². The number of hydrogen-bond acceptors (Lipinski definition) is 2. The van der Waals surface area contributed by atoms with Crippen LogP contribution < -0.4 is 0 Å². The van der Waals surface area contributed by atoms with Crippen molar-refractivity contribution in [3.63, 3.8) is 0 Å². The summed E-state index contributed by atoms with van der Waals surface area (Å²) in [5.74, 6) is 1.65. The highest BCUT2D eigenvalue weighted by molar-refractivity contribution is 4.89. The van der Waals surface area contributed by atoms with E-state index in [1.54, 1.807) is 12.4 Å². The van der Waals surface area contributed by atoms with Crippen LogP contribution in [-0.2, 0) is 6.42 Å². The summed E-state index contributed by atoms with van der Waals surface area (Å²) in [4.78, 5) is 8.31. The summed E-state index contributed by atoms with van der Waals surface area (Å²) in [6, 6.07) is 1.85. The van der Waals surface area contributed by atoms with E-state index in [4.69, 9.17) is 0 Å². The van der Waals surface area contributed by atoms with Gasteiger partial charge >= 0.3 is 0 Å². The Labute approximate surface area is 67.7 Å². The summed E-state index contributed by atoms with van der Waals surface area (Å²) >= 11 is 0. The molecule has 2 heteroatoms. The molecule has 2 nitrogen and oxygen atoms in total. The van der Waals surface area contributed by atoms with Crippen LogP contribution >= 0.6 is 0 Å². The largest absolute Gasteiger partial charge is 0.241 e. The average molecular weight is 150 g/mol. The minimum Gasteiger partial charge on any atom is -0.241 e. The zero-order valence-electron chi connectivity index (χ0n) is 7.12. The van der Waals surface area contributed by atoms with Gasteiger partial charge in [-0.2, -0.15) is 0 Å². The standard InChI is InChI=1S/C9H14N2/c1-3-8(2)7-9-10-5-4-6-11-9/h4-6,8H,3,7H2,1-2H3. The third-order valence-corrected chi connectivity index (χ3v) is 1.85. The van der Waals surface area contributed by atoms with Gasteiger partial charge in [0.15, 0.2) is 0 Å². The van der Waals surface area contributed by atoms with E-state index in [1.165, 1.54) is 6.42 Å². The van der Waals surface area contributed by atoms with Crippen molar-refractivity contribution < 1.29 is 0 Å². The molecule has 60 valence electrons. The van der Waals surface area contributed by atoms with Crippen LogP contribution in [0.4, 0.5) is 0 Å². The Kier molecular flexibility index (Phi) is 3.02. The molecule has 0 bridgehead atoms. The second-order valence-electron chi connectivity index (χ2n) is 2.88. The van der Waals surface area contributed by atoms with Crippen molar-refractivity contribution >= 4 is 0 Å². The molecule has 0 amide bonds. The molecule has 0 aliphatic carbocycles. The third kappa shape index (κ3) is 2.66. The molecule has 0 fully saturated rings. The van der Waals surface area contributed by atoms with Crippen molar-refractivity contribution in [2.24, 2.45) is 5.92 Å². The minimum atomic E-state index is 0.692. The first-order valence-electron chi connectivity index (χ1n) is 4.08. The van der Waals surface area contributed by atoms with E-state index >= 15 is 0 Å². The molecule has 11 heavy (non-hydrogen) atoms. The highest BCUT2D eigenvalue weighted by atomic mass is 14.8. The second kappa shape index (κ2) is 4.06. The van der Waals surface area contributed by atoms with Gasteiger partial charge in [0.2, 0.25) is 0 Å². The van der Waals surface area contributed by atoms with Crippen molar-refractivity contribution in [3.05, 3.63) is 24.3 Å². The third-order valence-electron chi connectivity index (χ3n) is 1.85. The maximum Gasteiger partial charge on any atom is 0.128 e. The summed E-state index contributed by atoms with van der Waals surface area (Å²) in [5.41, 5.74) is 0. The van der Waals surface area contributed by atoms with Crippen LogP contribution in [0.2, 0.25) is 0 Å². The monoisotopic (exact) mass is 150 g/mol. The van der Waals surface area contributed by atoms with E-state index < -0.39 is 0 Å². The molecule has 1 rings (SSSR count). The number of rotatable bonds is 3. The first-order valence-corrected chi connectivity index (χ1v) is 4.08. The van der Waals surface area contributed by atoms with Crippen molar-refractivity contribution in [2.75, 3.05) is 0 Å². The SMILES string of the molecule is CCC(C)Cc1ncccn1. The zero-order chi connectivity index (χ0) is 8.10. The van der Waals surface area contributed by atoms with Crippen molar-refractivity contribution in [1.82, 2.24) is 9.97 Å². The van der Waals surface area contributed by atoms with Crippen LogP contribution in [0.5, 0.6) is 0 Å². The molecule has 0 aromatic carbocycles. The van der Waals surface area contributed by atoms with Gasteiger partial charge in [0, 0.05) is 18.8 Å². The van der Waals surface area contributed by atoms with Crippen molar-refractivity contribution in [1.29, 1.82) is 0 Å². The highest BCUT2D eigenvalue weighted by Gasteiger charge is 2.01. The summed E-state index contributed by atoms with van der Waals surface area (Å²) in [6.07, 6.45) is 5.78. The molecule has 1 aromatic heterocycles. The molecular weight excluding hydrogens is 136 g/mol. The molecular formula is C9H14N2. The molecule has 1 atom stereocenters. The lowest BCUT2D eigenvalue weighted by atomic mass is 10.1. The Balaban J connectivity index is 2.51. The molecule has 0 aliphatic heterocycles. The smallest absolute Gasteiger partial charge is 0.128 e. The van der Waals surface area contributed by atoms with Crippen molar-refractivity contribution in [3.8, 4) is 0 Å². The Morgan fingerprint density at radius 1 is 1.36 bits per heavy atom. The molecule has 0 N–H and O–H groups in total. The normalized spacial score (nSPS) is 12.9. The van der Waals surface area contributed by atoms with Gasteiger partial charge in [-0.3, -0.25) is 0 Å². The fourth-order valence-electron chi connectivity index (χ4n) is 0.891. The van der Waals surface area contributed by atoms with Gasteiger partial charge in [0.1, 0.15) is 5.82 Å². The van der Waals surface area contributed by atoms with Gasteiger partial charge in [-0.05, 0) is 12.0 Å². The van der Waals surface area contributed by atoms with Gasteiger partial charge in [-0.15, -0.1) is 0 Å². The minimum absolute atomic E-state index is 0.692. The van der Waals surface area contributed by atoms with Crippen LogP contribution in [0.3, 0.4) is 0 Å². The van der Waals surface area contributed by atoms with Crippen LogP contribution in [0.1, 0.15) is 26.1 Å². The van der Waals surface area contributed by atoms with E-state index in [1.807, 2.05) is 6.07 Å². The first-order chi connectivity index (χ1) is 5.33. The van der Waals surface area contributed by atoms with E-state index in [-0.39, 0.29) is 0 Å². The fraction of sp³-hybridized carbons (Fsp3) is 0.556. The van der Waals surface area contributed by atoms with Crippen LogP contribution in [0.15, 0.2) is 18.5 Å². The first kappa shape index (κ1) is 8.18. The topological polar surface area (TPSA) is 25.8 Å². The van der Waals surface area contributed by atoms with E-state index in [0.717, 1.165) is 12.2 Å². The van der Waals surface area contributed by atoms with Gasteiger partial charge in [-0.25, -0.2) is 9.97 Å². The Hall–Kier alpha value is -0.920. The van der Waals surface area contributed by atoms with Crippen LogP contribution in [0, 0.1) is 5.92 Å². The van der Waals surface area contributed by atoms with E-state index in [9.17, 15) is 0 Å². The summed E-state index contributed by atoms with van der Waals surface area (Å²) in [7, 11) is 0. The zero-order valence-corrected chi connectivity index (χ0v) is 7.12. The summed E-state index contributed by atoms with van der Waals surface area (Å²) in [5, 5.41) is 0. The Morgan fingerprint density at radius 2 is 2.00 bits per heavy atom. The molecule has 0 spiro atoms.